The Hall–Kier alpha value is -3.09. The zero-order chi connectivity index (χ0) is 17.9. The van der Waals surface area contributed by atoms with Crippen molar-refractivity contribution in [3.63, 3.8) is 0 Å². The number of hydrogen-bond acceptors (Lipinski definition) is 6. The molecule has 4 rings (SSSR count). The lowest BCUT2D eigenvalue weighted by Crippen LogP contribution is -2.32. The van der Waals surface area contributed by atoms with Gasteiger partial charge in [0.15, 0.2) is 23.0 Å². The number of carbonyl (C=O) groups is 1. The molecule has 0 saturated heterocycles. The summed E-state index contributed by atoms with van der Waals surface area (Å²) in [5.41, 5.74) is 1.45. The standard InChI is InChI=1S/C19H20N2O5/c1-12(20-13-2-4-15-17(10-13)25-8-6-23-15)19(22)21-14-3-5-16-18(11-14)26-9-7-24-16/h2-5,10-12,20H,6-9H2,1H3,(H,21,22)/t12-/m1/s1. The highest BCUT2D eigenvalue weighted by Gasteiger charge is 2.17. The van der Waals surface area contributed by atoms with Gasteiger partial charge in [-0.2, -0.15) is 0 Å². The van der Waals surface area contributed by atoms with Crippen LogP contribution >= 0.6 is 0 Å². The summed E-state index contributed by atoms with van der Waals surface area (Å²) in [4.78, 5) is 12.5. The molecule has 0 spiro atoms. The summed E-state index contributed by atoms with van der Waals surface area (Å²) in [5, 5.41) is 6.05. The van der Waals surface area contributed by atoms with Crippen molar-refractivity contribution in [1.29, 1.82) is 0 Å². The number of nitrogens with one attached hydrogen (secondary N) is 2. The number of amides is 1. The molecule has 0 saturated carbocycles. The maximum Gasteiger partial charge on any atom is 0.246 e. The first kappa shape index (κ1) is 16.4. The SMILES string of the molecule is C[C@@H](Nc1ccc2c(c1)OCCO2)C(=O)Nc1ccc2c(c1)OCCO2. The topological polar surface area (TPSA) is 78.1 Å². The van der Waals surface area contributed by atoms with E-state index in [2.05, 4.69) is 10.6 Å². The fourth-order valence-electron chi connectivity index (χ4n) is 2.82. The average Bonchev–Trinajstić information content (AvgIpc) is 2.67. The number of carbonyl (C=O) groups excluding carboxylic acids is 1. The van der Waals surface area contributed by atoms with Gasteiger partial charge in [-0.3, -0.25) is 4.79 Å². The Bertz CT molecular complexity index is 824. The van der Waals surface area contributed by atoms with E-state index in [1.165, 1.54) is 0 Å². The van der Waals surface area contributed by atoms with Crippen molar-refractivity contribution >= 4 is 17.3 Å². The monoisotopic (exact) mass is 356 g/mol. The molecule has 2 aliphatic heterocycles. The lowest BCUT2D eigenvalue weighted by atomic mass is 10.2. The van der Waals surface area contributed by atoms with Crippen molar-refractivity contribution in [2.75, 3.05) is 37.1 Å². The first-order valence-corrected chi connectivity index (χ1v) is 8.56. The largest absolute Gasteiger partial charge is 0.486 e. The minimum Gasteiger partial charge on any atom is -0.486 e. The highest BCUT2D eigenvalue weighted by atomic mass is 16.6. The highest BCUT2D eigenvalue weighted by Crippen LogP contribution is 2.34. The number of fused-ring (bicyclic) bond motifs is 2. The summed E-state index contributed by atoms with van der Waals surface area (Å²) < 4.78 is 22.1. The number of anilines is 2. The van der Waals surface area contributed by atoms with Crippen LogP contribution in [0.15, 0.2) is 36.4 Å². The Balaban J connectivity index is 1.40. The summed E-state index contributed by atoms with van der Waals surface area (Å²) in [5.74, 6) is 2.57. The summed E-state index contributed by atoms with van der Waals surface area (Å²) in [6.07, 6.45) is 0. The van der Waals surface area contributed by atoms with Crippen molar-refractivity contribution in [2.45, 2.75) is 13.0 Å². The van der Waals surface area contributed by atoms with E-state index in [1.54, 1.807) is 25.1 Å². The quantitative estimate of drug-likeness (QED) is 0.877. The van der Waals surface area contributed by atoms with Gasteiger partial charge in [0, 0.05) is 23.5 Å². The van der Waals surface area contributed by atoms with Crippen LogP contribution in [-0.4, -0.2) is 38.4 Å². The van der Waals surface area contributed by atoms with Gasteiger partial charge in [0.2, 0.25) is 5.91 Å². The number of hydrogen-bond donors (Lipinski definition) is 2. The van der Waals surface area contributed by atoms with Crippen molar-refractivity contribution in [2.24, 2.45) is 0 Å². The number of benzene rings is 2. The predicted octanol–water partition coefficient (Wildman–Crippen LogP) is 2.67. The Morgan fingerprint density at radius 3 is 1.92 bits per heavy atom. The first-order valence-electron chi connectivity index (χ1n) is 8.56. The Morgan fingerprint density at radius 1 is 0.808 bits per heavy atom. The molecule has 136 valence electrons. The smallest absolute Gasteiger partial charge is 0.246 e. The van der Waals surface area contributed by atoms with Crippen LogP contribution in [-0.2, 0) is 4.79 Å². The molecule has 1 atom stereocenters. The van der Waals surface area contributed by atoms with Crippen LogP contribution in [0.5, 0.6) is 23.0 Å². The molecule has 0 aromatic heterocycles. The van der Waals surface area contributed by atoms with Crippen molar-refractivity contribution in [3.8, 4) is 23.0 Å². The highest BCUT2D eigenvalue weighted by molar-refractivity contribution is 5.96. The third kappa shape index (κ3) is 3.46. The van der Waals surface area contributed by atoms with E-state index in [9.17, 15) is 4.79 Å². The van der Waals surface area contributed by atoms with Gasteiger partial charge in [0.1, 0.15) is 32.5 Å². The zero-order valence-electron chi connectivity index (χ0n) is 14.4. The molecular weight excluding hydrogens is 336 g/mol. The van der Waals surface area contributed by atoms with Crippen LogP contribution in [0.1, 0.15) is 6.92 Å². The van der Waals surface area contributed by atoms with Gasteiger partial charge < -0.3 is 29.6 Å². The van der Waals surface area contributed by atoms with Gasteiger partial charge >= 0.3 is 0 Å². The molecule has 0 fully saturated rings. The maximum absolute atomic E-state index is 12.5. The van der Waals surface area contributed by atoms with Crippen LogP contribution in [0.2, 0.25) is 0 Å². The van der Waals surface area contributed by atoms with E-state index in [1.807, 2.05) is 18.2 Å². The predicted molar refractivity (Wildman–Crippen MR) is 96.6 cm³/mol. The van der Waals surface area contributed by atoms with E-state index in [4.69, 9.17) is 18.9 Å². The number of rotatable bonds is 4. The Labute approximate surface area is 151 Å². The molecule has 2 aliphatic rings. The Morgan fingerprint density at radius 2 is 1.31 bits per heavy atom. The second-order valence-corrected chi connectivity index (χ2v) is 6.07. The molecule has 1 amide bonds. The van der Waals surface area contributed by atoms with Crippen LogP contribution < -0.4 is 29.6 Å². The molecule has 2 aromatic carbocycles. The minimum atomic E-state index is -0.439. The van der Waals surface area contributed by atoms with Crippen LogP contribution in [0, 0.1) is 0 Å². The molecule has 2 N–H and O–H groups in total. The Kier molecular flexibility index (Phi) is 4.43. The summed E-state index contributed by atoms with van der Waals surface area (Å²) in [6, 6.07) is 10.5. The zero-order valence-corrected chi connectivity index (χ0v) is 14.4. The second kappa shape index (κ2) is 7.03. The summed E-state index contributed by atoms with van der Waals surface area (Å²) in [6.45, 7) is 3.91. The van der Waals surface area contributed by atoms with Gasteiger partial charge in [-0.15, -0.1) is 0 Å². The molecule has 0 radical (unpaired) electrons. The van der Waals surface area contributed by atoms with E-state index < -0.39 is 6.04 Å². The molecule has 0 bridgehead atoms. The second-order valence-electron chi connectivity index (χ2n) is 6.07. The molecule has 0 unspecified atom stereocenters. The molecule has 2 aromatic rings. The van der Waals surface area contributed by atoms with Gasteiger partial charge in [-0.25, -0.2) is 0 Å². The molecule has 2 heterocycles. The van der Waals surface area contributed by atoms with Crippen molar-refractivity contribution < 1.29 is 23.7 Å². The van der Waals surface area contributed by atoms with E-state index in [0.717, 1.165) is 11.4 Å². The van der Waals surface area contributed by atoms with Gasteiger partial charge in [-0.1, -0.05) is 0 Å². The van der Waals surface area contributed by atoms with Crippen molar-refractivity contribution in [1.82, 2.24) is 0 Å². The van der Waals surface area contributed by atoms with Crippen LogP contribution in [0.3, 0.4) is 0 Å². The molecule has 7 heteroatoms. The molecule has 7 nitrogen and oxygen atoms in total. The third-order valence-corrected chi connectivity index (χ3v) is 4.13. The molecule has 26 heavy (non-hydrogen) atoms. The molecular formula is C19H20N2O5. The summed E-state index contributed by atoms with van der Waals surface area (Å²) >= 11 is 0. The molecule has 0 aliphatic carbocycles. The summed E-state index contributed by atoms with van der Waals surface area (Å²) in [7, 11) is 0. The van der Waals surface area contributed by atoms with Gasteiger partial charge in [0.25, 0.3) is 0 Å². The van der Waals surface area contributed by atoms with Gasteiger partial charge in [-0.05, 0) is 31.2 Å². The third-order valence-electron chi connectivity index (χ3n) is 4.13. The average molecular weight is 356 g/mol. The van der Waals surface area contributed by atoms with E-state index in [0.29, 0.717) is 49.4 Å². The van der Waals surface area contributed by atoms with Crippen LogP contribution in [0.4, 0.5) is 11.4 Å². The minimum absolute atomic E-state index is 0.156. The maximum atomic E-state index is 12.5. The van der Waals surface area contributed by atoms with Crippen LogP contribution in [0.25, 0.3) is 0 Å². The van der Waals surface area contributed by atoms with Gasteiger partial charge in [0.05, 0.1) is 0 Å². The fraction of sp³-hybridized carbons (Fsp3) is 0.316. The lowest BCUT2D eigenvalue weighted by molar-refractivity contribution is -0.116. The van der Waals surface area contributed by atoms with E-state index in [-0.39, 0.29) is 5.91 Å². The fourth-order valence-corrected chi connectivity index (χ4v) is 2.82. The lowest BCUT2D eigenvalue weighted by Gasteiger charge is -2.21. The number of ether oxygens (including phenoxy) is 4. The van der Waals surface area contributed by atoms with Crippen molar-refractivity contribution in [3.05, 3.63) is 36.4 Å². The normalized spacial score (nSPS) is 15.7. The van der Waals surface area contributed by atoms with E-state index >= 15 is 0 Å². The first-order chi connectivity index (χ1) is 12.7.